The van der Waals surface area contributed by atoms with Crippen LogP contribution in [0.15, 0.2) is 72.8 Å². The highest BCUT2D eigenvalue weighted by Crippen LogP contribution is 2.36. The predicted octanol–water partition coefficient (Wildman–Crippen LogP) is 4.00. The number of hydrogen-bond donors (Lipinski definition) is 2. The lowest BCUT2D eigenvalue weighted by Crippen LogP contribution is -2.47. The molecular formula is C25H23N3O4. The SMILES string of the molecule is Cc1ccc(C(=O)Nc2ccc3c(c2)N(CC(=O)Nc2ccccc2)C(=O)C(C)O3)cc1. The maximum atomic E-state index is 12.8. The summed E-state index contributed by atoms with van der Waals surface area (Å²) in [7, 11) is 0. The maximum absolute atomic E-state index is 12.8. The lowest BCUT2D eigenvalue weighted by Gasteiger charge is -2.33. The topological polar surface area (TPSA) is 87.7 Å². The molecule has 0 aromatic heterocycles. The Morgan fingerprint density at radius 3 is 2.38 bits per heavy atom. The van der Waals surface area contributed by atoms with Crippen molar-refractivity contribution >= 4 is 34.8 Å². The molecule has 3 aromatic rings. The standard InChI is InChI=1S/C25H23N3O4/c1-16-8-10-18(11-9-16)24(30)27-20-12-13-22-21(14-20)28(25(31)17(2)32-22)15-23(29)26-19-6-4-3-5-7-19/h3-14,17H,15H2,1-2H3,(H,26,29)(H,27,30). The van der Waals surface area contributed by atoms with Crippen LogP contribution in [-0.4, -0.2) is 30.4 Å². The number of aryl methyl sites for hydroxylation is 1. The summed E-state index contributed by atoms with van der Waals surface area (Å²) in [5.41, 5.74) is 3.15. The van der Waals surface area contributed by atoms with E-state index < -0.39 is 6.10 Å². The second-order valence-electron chi connectivity index (χ2n) is 7.60. The minimum absolute atomic E-state index is 0.177. The van der Waals surface area contributed by atoms with Crippen molar-refractivity contribution in [2.75, 3.05) is 22.1 Å². The summed E-state index contributed by atoms with van der Waals surface area (Å²) in [5.74, 6) is -0.464. The van der Waals surface area contributed by atoms with Gasteiger partial charge in [-0.2, -0.15) is 0 Å². The number of carbonyl (C=O) groups excluding carboxylic acids is 3. The monoisotopic (exact) mass is 429 g/mol. The van der Waals surface area contributed by atoms with Gasteiger partial charge in [0.15, 0.2) is 6.10 Å². The van der Waals surface area contributed by atoms with Gasteiger partial charge >= 0.3 is 0 Å². The largest absolute Gasteiger partial charge is 0.479 e. The van der Waals surface area contributed by atoms with E-state index in [0.29, 0.717) is 28.4 Å². The van der Waals surface area contributed by atoms with E-state index in [0.717, 1.165) is 5.56 Å². The fourth-order valence-electron chi connectivity index (χ4n) is 3.42. The first-order valence-corrected chi connectivity index (χ1v) is 10.3. The van der Waals surface area contributed by atoms with Gasteiger partial charge in [-0.15, -0.1) is 0 Å². The highest BCUT2D eigenvalue weighted by atomic mass is 16.5. The number of para-hydroxylation sites is 1. The zero-order valence-corrected chi connectivity index (χ0v) is 17.8. The molecule has 1 aliphatic heterocycles. The molecule has 0 fully saturated rings. The van der Waals surface area contributed by atoms with Crippen LogP contribution in [0.1, 0.15) is 22.8 Å². The predicted molar refractivity (Wildman–Crippen MR) is 123 cm³/mol. The molecule has 1 heterocycles. The smallest absolute Gasteiger partial charge is 0.268 e. The first kappa shape index (κ1) is 21.1. The van der Waals surface area contributed by atoms with Crippen LogP contribution < -0.4 is 20.3 Å². The van der Waals surface area contributed by atoms with E-state index in [4.69, 9.17) is 4.74 Å². The number of fused-ring (bicyclic) bond motifs is 1. The summed E-state index contributed by atoms with van der Waals surface area (Å²) in [4.78, 5) is 39.4. The molecule has 32 heavy (non-hydrogen) atoms. The zero-order valence-electron chi connectivity index (χ0n) is 17.8. The van der Waals surface area contributed by atoms with Gasteiger partial charge in [0.1, 0.15) is 12.3 Å². The third kappa shape index (κ3) is 4.62. The van der Waals surface area contributed by atoms with Gasteiger partial charge < -0.3 is 15.4 Å². The maximum Gasteiger partial charge on any atom is 0.268 e. The van der Waals surface area contributed by atoms with Crippen molar-refractivity contribution in [3.63, 3.8) is 0 Å². The molecule has 162 valence electrons. The zero-order chi connectivity index (χ0) is 22.7. The van der Waals surface area contributed by atoms with Crippen LogP contribution in [0.4, 0.5) is 17.1 Å². The molecule has 0 saturated carbocycles. The Balaban J connectivity index is 1.55. The third-order valence-electron chi connectivity index (χ3n) is 5.10. The van der Waals surface area contributed by atoms with Gasteiger partial charge in [-0.1, -0.05) is 35.9 Å². The Morgan fingerprint density at radius 1 is 0.938 bits per heavy atom. The molecular weight excluding hydrogens is 406 g/mol. The molecule has 1 aliphatic rings. The molecule has 0 bridgehead atoms. The number of ether oxygens (including phenoxy) is 1. The molecule has 0 aliphatic carbocycles. The molecule has 3 aromatic carbocycles. The van der Waals surface area contributed by atoms with E-state index in [1.165, 1.54) is 4.90 Å². The molecule has 0 spiro atoms. The van der Waals surface area contributed by atoms with Gasteiger partial charge in [0.25, 0.3) is 11.8 Å². The molecule has 1 unspecified atom stereocenters. The van der Waals surface area contributed by atoms with E-state index in [1.807, 2.05) is 37.3 Å². The number of rotatable bonds is 5. The van der Waals surface area contributed by atoms with E-state index in [-0.39, 0.29) is 24.3 Å². The van der Waals surface area contributed by atoms with Gasteiger partial charge in [0, 0.05) is 16.9 Å². The van der Waals surface area contributed by atoms with Crippen molar-refractivity contribution in [1.29, 1.82) is 0 Å². The van der Waals surface area contributed by atoms with Crippen LogP contribution in [0.3, 0.4) is 0 Å². The fraction of sp³-hybridized carbons (Fsp3) is 0.160. The summed E-state index contributed by atoms with van der Waals surface area (Å²) in [5, 5.41) is 5.62. The Kier molecular flexibility index (Phi) is 5.89. The molecule has 0 saturated heterocycles. The van der Waals surface area contributed by atoms with Gasteiger partial charge in [-0.3, -0.25) is 19.3 Å². The summed E-state index contributed by atoms with van der Waals surface area (Å²) >= 11 is 0. The van der Waals surface area contributed by atoms with Crippen molar-refractivity contribution in [2.45, 2.75) is 20.0 Å². The first-order chi connectivity index (χ1) is 15.4. The van der Waals surface area contributed by atoms with Crippen molar-refractivity contribution in [2.24, 2.45) is 0 Å². The lowest BCUT2D eigenvalue weighted by atomic mass is 10.1. The highest BCUT2D eigenvalue weighted by molar-refractivity contribution is 6.08. The molecule has 7 heteroatoms. The molecule has 2 N–H and O–H groups in total. The van der Waals surface area contributed by atoms with E-state index >= 15 is 0 Å². The highest BCUT2D eigenvalue weighted by Gasteiger charge is 2.33. The molecule has 0 radical (unpaired) electrons. The Bertz CT molecular complexity index is 1160. The molecule has 1 atom stereocenters. The molecule has 4 rings (SSSR count). The normalized spacial score (nSPS) is 14.9. The van der Waals surface area contributed by atoms with Crippen LogP contribution in [0.25, 0.3) is 0 Å². The minimum Gasteiger partial charge on any atom is -0.479 e. The van der Waals surface area contributed by atoms with Crippen molar-refractivity contribution < 1.29 is 19.1 Å². The average Bonchev–Trinajstić information content (AvgIpc) is 2.78. The van der Waals surface area contributed by atoms with Crippen LogP contribution >= 0.6 is 0 Å². The summed E-state index contributed by atoms with van der Waals surface area (Å²) in [6.07, 6.45) is -0.722. The summed E-state index contributed by atoms with van der Waals surface area (Å²) in [6, 6.07) is 21.3. The number of nitrogens with one attached hydrogen (secondary N) is 2. The van der Waals surface area contributed by atoms with Crippen molar-refractivity contribution in [3.05, 3.63) is 83.9 Å². The summed E-state index contributed by atoms with van der Waals surface area (Å²) in [6.45, 7) is 3.41. The second-order valence-corrected chi connectivity index (χ2v) is 7.60. The minimum atomic E-state index is -0.722. The van der Waals surface area contributed by atoms with Gasteiger partial charge in [0.05, 0.1) is 5.69 Å². The quantitative estimate of drug-likeness (QED) is 0.642. The first-order valence-electron chi connectivity index (χ1n) is 10.3. The van der Waals surface area contributed by atoms with Gasteiger partial charge in [0.2, 0.25) is 5.91 Å². The number of nitrogens with zero attached hydrogens (tertiary/aromatic N) is 1. The van der Waals surface area contributed by atoms with Crippen molar-refractivity contribution in [1.82, 2.24) is 0 Å². The van der Waals surface area contributed by atoms with Gasteiger partial charge in [-0.05, 0) is 56.3 Å². The number of hydrogen-bond acceptors (Lipinski definition) is 4. The average molecular weight is 429 g/mol. The van der Waals surface area contributed by atoms with Crippen LogP contribution in [0, 0.1) is 6.92 Å². The fourth-order valence-corrected chi connectivity index (χ4v) is 3.42. The van der Waals surface area contributed by atoms with E-state index in [2.05, 4.69) is 10.6 Å². The van der Waals surface area contributed by atoms with Crippen molar-refractivity contribution in [3.8, 4) is 5.75 Å². The summed E-state index contributed by atoms with van der Waals surface area (Å²) < 4.78 is 5.70. The van der Waals surface area contributed by atoms with Crippen LogP contribution in [0.2, 0.25) is 0 Å². The molecule has 3 amide bonds. The van der Waals surface area contributed by atoms with E-state index in [9.17, 15) is 14.4 Å². The third-order valence-corrected chi connectivity index (χ3v) is 5.10. The van der Waals surface area contributed by atoms with Crippen LogP contribution in [-0.2, 0) is 9.59 Å². The Morgan fingerprint density at radius 2 is 1.66 bits per heavy atom. The number of anilines is 3. The lowest BCUT2D eigenvalue weighted by molar-refractivity contribution is -0.127. The molecule has 7 nitrogen and oxygen atoms in total. The number of amides is 3. The Hall–Kier alpha value is -4.13. The van der Waals surface area contributed by atoms with Gasteiger partial charge in [-0.25, -0.2) is 0 Å². The van der Waals surface area contributed by atoms with E-state index in [1.54, 1.807) is 49.4 Å². The van der Waals surface area contributed by atoms with Crippen LogP contribution in [0.5, 0.6) is 5.75 Å². The number of carbonyl (C=O) groups is 3. The Labute approximate surface area is 186 Å². The number of benzene rings is 3. The second kappa shape index (κ2) is 8.93.